The monoisotopic (exact) mass is 362 g/mol. The van der Waals surface area contributed by atoms with Gasteiger partial charge in [0.2, 0.25) is 5.91 Å². The fourth-order valence-corrected chi connectivity index (χ4v) is 3.39. The summed E-state index contributed by atoms with van der Waals surface area (Å²) < 4.78 is 15.3. The van der Waals surface area contributed by atoms with Crippen molar-refractivity contribution in [2.75, 3.05) is 6.54 Å². The number of benzene rings is 1. The van der Waals surface area contributed by atoms with E-state index >= 15 is 0 Å². The second-order valence-electron chi connectivity index (χ2n) is 6.40. The van der Waals surface area contributed by atoms with Crippen LogP contribution in [0.4, 0.5) is 4.39 Å². The quantitative estimate of drug-likeness (QED) is 0.668. The first-order valence-corrected chi connectivity index (χ1v) is 8.85. The van der Waals surface area contributed by atoms with Gasteiger partial charge in [-0.1, -0.05) is 6.08 Å². The minimum atomic E-state index is -0.281. The molecule has 0 saturated carbocycles. The summed E-state index contributed by atoms with van der Waals surface area (Å²) in [7, 11) is 0. The topological polar surface area (TPSA) is 51.0 Å². The first-order valence-electron chi connectivity index (χ1n) is 8.85. The van der Waals surface area contributed by atoms with E-state index in [9.17, 15) is 9.18 Å². The third-order valence-corrected chi connectivity index (χ3v) is 4.69. The summed E-state index contributed by atoms with van der Waals surface area (Å²) in [6.45, 7) is 3.55. The van der Waals surface area contributed by atoms with Gasteiger partial charge >= 0.3 is 0 Å². The normalized spacial score (nSPS) is 13.8. The van der Waals surface area contributed by atoms with Gasteiger partial charge in [-0.2, -0.15) is 5.10 Å². The first-order chi connectivity index (χ1) is 13.2. The summed E-state index contributed by atoms with van der Waals surface area (Å²) in [5.41, 5.74) is 4.55. The van der Waals surface area contributed by atoms with Gasteiger partial charge in [0.15, 0.2) is 0 Å². The Morgan fingerprint density at radius 1 is 1.07 bits per heavy atom. The number of pyridine rings is 1. The SMILES string of the molecule is C/C=C/C(=O)N1CCn2nc(-c3ccc(F)cc3)c(-c3ccncc3)c2C1. The minimum absolute atomic E-state index is 0.00559. The summed E-state index contributed by atoms with van der Waals surface area (Å²) >= 11 is 0. The molecule has 1 amide bonds. The second kappa shape index (κ2) is 7.15. The number of hydrogen-bond acceptors (Lipinski definition) is 3. The van der Waals surface area contributed by atoms with Crippen LogP contribution in [0.2, 0.25) is 0 Å². The number of halogens is 1. The number of aromatic nitrogens is 3. The predicted octanol–water partition coefficient (Wildman–Crippen LogP) is 3.67. The summed E-state index contributed by atoms with van der Waals surface area (Å²) in [5, 5.41) is 4.78. The molecule has 1 aromatic carbocycles. The lowest BCUT2D eigenvalue weighted by Crippen LogP contribution is -2.37. The van der Waals surface area contributed by atoms with Crippen molar-refractivity contribution in [2.24, 2.45) is 0 Å². The molecule has 0 spiro atoms. The van der Waals surface area contributed by atoms with Crippen LogP contribution in [-0.4, -0.2) is 32.1 Å². The Labute approximate surface area is 156 Å². The highest BCUT2D eigenvalue weighted by molar-refractivity contribution is 5.88. The van der Waals surface area contributed by atoms with Crippen LogP contribution in [0.15, 0.2) is 60.9 Å². The van der Waals surface area contributed by atoms with E-state index in [0.29, 0.717) is 19.6 Å². The molecule has 0 radical (unpaired) electrons. The number of carbonyl (C=O) groups is 1. The van der Waals surface area contributed by atoms with Crippen molar-refractivity contribution in [1.29, 1.82) is 0 Å². The molecule has 0 N–H and O–H groups in total. The number of rotatable bonds is 3. The van der Waals surface area contributed by atoms with Gasteiger partial charge in [0.1, 0.15) is 11.5 Å². The van der Waals surface area contributed by atoms with Crippen LogP contribution in [0.25, 0.3) is 22.4 Å². The van der Waals surface area contributed by atoms with Crippen molar-refractivity contribution in [3.8, 4) is 22.4 Å². The summed E-state index contributed by atoms with van der Waals surface area (Å²) in [4.78, 5) is 18.2. The lowest BCUT2D eigenvalue weighted by molar-refractivity contribution is -0.127. The van der Waals surface area contributed by atoms with Gasteiger partial charge in [-0.25, -0.2) is 4.39 Å². The third kappa shape index (κ3) is 3.26. The molecule has 2 aromatic heterocycles. The molecule has 0 fully saturated rings. The van der Waals surface area contributed by atoms with Crippen LogP contribution < -0.4 is 0 Å². The zero-order valence-corrected chi connectivity index (χ0v) is 15.0. The lowest BCUT2D eigenvalue weighted by atomic mass is 9.99. The van der Waals surface area contributed by atoms with E-state index in [-0.39, 0.29) is 11.7 Å². The van der Waals surface area contributed by atoms with Crippen LogP contribution in [0.3, 0.4) is 0 Å². The maximum atomic E-state index is 13.4. The first kappa shape index (κ1) is 17.1. The molecule has 1 aliphatic heterocycles. The van der Waals surface area contributed by atoms with Gasteiger partial charge in [0.25, 0.3) is 0 Å². The Kier molecular flexibility index (Phi) is 4.54. The van der Waals surface area contributed by atoms with Crippen LogP contribution in [0.1, 0.15) is 12.6 Å². The Bertz CT molecular complexity index is 993. The van der Waals surface area contributed by atoms with E-state index < -0.39 is 0 Å². The van der Waals surface area contributed by atoms with Crippen molar-refractivity contribution < 1.29 is 9.18 Å². The van der Waals surface area contributed by atoms with E-state index in [4.69, 9.17) is 5.10 Å². The number of amides is 1. The molecule has 0 unspecified atom stereocenters. The van der Waals surface area contributed by atoms with Crippen molar-refractivity contribution in [3.63, 3.8) is 0 Å². The Morgan fingerprint density at radius 3 is 2.52 bits per heavy atom. The smallest absolute Gasteiger partial charge is 0.246 e. The average Bonchev–Trinajstić information content (AvgIpc) is 3.08. The molecule has 3 heterocycles. The number of hydrogen-bond donors (Lipinski definition) is 0. The van der Waals surface area contributed by atoms with Crippen LogP contribution in [0, 0.1) is 5.82 Å². The van der Waals surface area contributed by atoms with E-state index in [2.05, 4.69) is 4.98 Å². The van der Waals surface area contributed by atoms with E-state index in [1.165, 1.54) is 12.1 Å². The standard InChI is InChI=1S/C21H19FN4O/c1-2-3-19(27)25-12-13-26-18(14-25)20(15-8-10-23-11-9-15)21(24-26)16-4-6-17(22)7-5-16/h2-11H,12-14H2,1H3/b3-2+. The molecule has 136 valence electrons. The van der Waals surface area contributed by atoms with Gasteiger partial charge in [-0.3, -0.25) is 14.5 Å². The van der Waals surface area contributed by atoms with Gasteiger partial charge in [-0.15, -0.1) is 0 Å². The fraction of sp³-hybridized carbons (Fsp3) is 0.190. The Balaban J connectivity index is 1.85. The molecule has 3 aromatic rings. The highest BCUT2D eigenvalue weighted by Gasteiger charge is 2.27. The molecule has 0 bridgehead atoms. The van der Waals surface area contributed by atoms with Crippen molar-refractivity contribution in [2.45, 2.75) is 20.0 Å². The number of allylic oxidation sites excluding steroid dienone is 1. The predicted molar refractivity (Wildman–Crippen MR) is 101 cm³/mol. The molecule has 0 saturated heterocycles. The maximum absolute atomic E-state index is 13.4. The van der Waals surface area contributed by atoms with E-state index in [0.717, 1.165) is 28.1 Å². The molecular weight excluding hydrogens is 343 g/mol. The highest BCUT2D eigenvalue weighted by Crippen LogP contribution is 2.36. The van der Waals surface area contributed by atoms with Crippen molar-refractivity contribution in [1.82, 2.24) is 19.7 Å². The molecule has 6 heteroatoms. The molecule has 1 aliphatic rings. The molecule has 5 nitrogen and oxygen atoms in total. The molecular formula is C21H19FN4O. The number of carbonyl (C=O) groups excluding carboxylic acids is 1. The number of fused-ring (bicyclic) bond motifs is 1. The fourth-order valence-electron chi connectivity index (χ4n) is 3.39. The van der Waals surface area contributed by atoms with Gasteiger partial charge in [0.05, 0.1) is 18.8 Å². The molecule has 4 rings (SSSR count). The second-order valence-corrected chi connectivity index (χ2v) is 6.40. The summed E-state index contributed by atoms with van der Waals surface area (Å²) in [6, 6.07) is 10.2. The molecule has 0 aliphatic carbocycles. The largest absolute Gasteiger partial charge is 0.331 e. The lowest BCUT2D eigenvalue weighted by Gasteiger charge is -2.27. The average molecular weight is 362 g/mol. The highest BCUT2D eigenvalue weighted by atomic mass is 19.1. The number of nitrogens with zero attached hydrogens (tertiary/aromatic N) is 4. The van der Waals surface area contributed by atoms with Crippen LogP contribution >= 0.6 is 0 Å². The zero-order valence-electron chi connectivity index (χ0n) is 15.0. The zero-order chi connectivity index (χ0) is 18.8. The van der Waals surface area contributed by atoms with Crippen LogP contribution in [0.5, 0.6) is 0 Å². The maximum Gasteiger partial charge on any atom is 0.246 e. The third-order valence-electron chi connectivity index (χ3n) is 4.69. The van der Waals surface area contributed by atoms with Crippen molar-refractivity contribution >= 4 is 5.91 Å². The van der Waals surface area contributed by atoms with Crippen LogP contribution in [-0.2, 0) is 17.9 Å². The summed E-state index contributed by atoms with van der Waals surface area (Å²) in [5.74, 6) is -0.287. The minimum Gasteiger partial charge on any atom is -0.331 e. The van der Waals surface area contributed by atoms with E-state index in [1.54, 1.807) is 36.7 Å². The van der Waals surface area contributed by atoms with Gasteiger partial charge < -0.3 is 4.90 Å². The molecule has 0 atom stereocenters. The van der Waals surface area contributed by atoms with E-state index in [1.807, 2.05) is 28.6 Å². The Morgan fingerprint density at radius 2 is 1.81 bits per heavy atom. The van der Waals surface area contributed by atoms with Crippen molar-refractivity contribution in [3.05, 3.63) is 72.5 Å². The van der Waals surface area contributed by atoms with Gasteiger partial charge in [0, 0.05) is 30.1 Å². The molecule has 27 heavy (non-hydrogen) atoms. The Hall–Kier alpha value is -3.28. The summed E-state index contributed by atoms with van der Waals surface area (Å²) in [6.07, 6.45) is 6.81. The van der Waals surface area contributed by atoms with Gasteiger partial charge in [-0.05, 0) is 55.0 Å².